The molecular formula is C15H26N4O. The summed E-state index contributed by atoms with van der Waals surface area (Å²) in [5.41, 5.74) is -0.125. The van der Waals surface area contributed by atoms with Crippen LogP contribution in [0.2, 0.25) is 0 Å². The molecule has 0 atom stereocenters. The third kappa shape index (κ3) is 3.60. The second kappa shape index (κ2) is 5.95. The van der Waals surface area contributed by atoms with Gasteiger partial charge < -0.3 is 15.0 Å². The normalized spacial score (nSPS) is 18.4. The molecule has 0 spiro atoms. The molecule has 5 heteroatoms. The summed E-state index contributed by atoms with van der Waals surface area (Å²) in [6, 6.07) is 2.04. The van der Waals surface area contributed by atoms with Crippen molar-refractivity contribution < 1.29 is 4.74 Å². The first-order valence-corrected chi connectivity index (χ1v) is 7.43. The number of nitrogens with one attached hydrogen (secondary N) is 1. The number of morpholine rings is 1. The van der Waals surface area contributed by atoms with Crippen molar-refractivity contribution in [3.63, 3.8) is 0 Å². The zero-order valence-electron chi connectivity index (χ0n) is 13.2. The number of nitrogens with zero attached hydrogens (tertiary/aromatic N) is 3. The van der Waals surface area contributed by atoms with Gasteiger partial charge >= 0.3 is 0 Å². The van der Waals surface area contributed by atoms with Crippen LogP contribution < -0.4 is 10.2 Å². The van der Waals surface area contributed by atoms with Crippen LogP contribution in [0.15, 0.2) is 6.07 Å². The van der Waals surface area contributed by atoms with Crippen molar-refractivity contribution in [1.82, 2.24) is 9.97 Å². The highest BCUT2D eigenvalue weighted by molar-refractivity contribution is 5.50. The maximum atomic E-state index is 5.77. The monoisotopic (exact) mass is 278 g/mol. The lowest BCUT2D eigenvalue weighted by atomic mass is 10.1. The standard InChI is InChI=1S/C15H26N4O/c1-6-16-12-9-13(18-14(17-12)11(2)3)19-7-8-20-15(4,5)10-19/h9,11H,6-8,10H2,1-5H3,(H,16,17,18). The average Bonchev–Trinajstić information content (AvgIpc) is 2.37. The molecule has 1 fully saturated rings. The molecule has 1 aromatic rings. The summed E-state index contributed by atoms with van der Waals surface area (Å²) in [5.74, 6) is 3.12. The van der Waals surface area contributed by atoms with E-state index in [1.807, 2.05) is 6.07 Å². The van der Waals surface area contributed by atoms with Gasteiger partial charge in [-0.15, -0.1) is 0 Å². The van der Waals surface area contributed by atoms with E-state index in [4.69, 9.17) is 9.72 Å². The van der Waals surface area contributed by atoms with Gasteiger partial charge in [-0.05, 0) is 20.8 Å². The molecule has 0 aromatic carbocycles. The van der Waals surface area contributed by atoms with Gasteiger partial charge in [0, 0.05) is 31.6 Å². The molecule has 5 nitrogen and oxygen atoms in total. The number of anilines is 2. The van der Waals surface area contributed by atoms with Gasteiger partial charge in [-0.25, -0.2) is 9.97 Å². The van der Waals surface area contributed by atoms with Gasteiger partial charge in [0.1, 0.15) is 17.5 Å². The lowest BCUT2D eigenvalue weighted by molar-refractivity contribution is -0.0279. The van der Waals surface area contributed by atoms with Crippen molar-refractivity contribution in [2.24, 2.45) is 0 Å². The Kier molecular flexibility index (Phi) is 4.48. The highest BCUT2D eigenvalue weighted by Crippen LogP contribution is 2.24. The fraction of sp³-hybridized carbons (Fsp3) is 0.733. The average molecular weight is 278 g/mol. The van der Waals surface area contributed by atoms with E-state index >= 15 is 0 Å². The van der Waals surface area contributed by atoms with E-state index in [2.05, 4.69) is 49.8 Å². The molecule has 1 aliphatic heterocycles. The molecule has 0 aliphatic carbocycles. The molecule has 0 bridgehead atoms. The van der Waals surface area contributed by atoms with Gasteiger partial charge in [-0.3, -0.25) is 0 Å². The Balaban J connectivity index is 2.29. The predicted molar refractivity (Wildman–Crippen MR) is 82.5 cm³/mol. The van der Waals surface area contributed by atoms with Gasteiger partial charge in [0.2, 0.25) is 0 Å². The third-order valence-corrected chi connectivity index (χ3v) is 3.35. The summed E-state index contributed by atoms with van der Waals surface area (Å²) in [7, 11) is 0. The quantitative estimate of drug-likeness (QED) is 0.917. The second-order valence-electron chi connectivity index (χ2n) is 6.18. The zero-order valence-corrected chi connectivity index (χ0v) is 13.2. The lowest BCUT2D eigenvalue weighted by Gasteiger charge is -2.39. The van der Waals surface area contributed by atoms with Crippen LogP contribution in [-0.4, -0.2) is 41.8 Å². The lowest BCUT2D eigenvalue weighted by Crippen LogP contribution is -2.48. The maximum absolute atomic E-state index is 5.77. The summed E-state index contributed by atoms with van der Waals surface area (Å²) >= 11 is 0. The van der Waals surface area contributed by atoms with Crippen molar-refractivity contribution >= 4 is 11.6 Å². The summed E-state index contributed by atoms with van der Waals surface area (Å²) in [5, 5.41) is 3.29. The Hall–Kier alpha value is -1.36. The van der Waals surface area contributed by atoms with E-state index in [-0.39, 0.29) is 5.60 Å². The molecule has 2 rings (SSSR count). The molecule has 0 amide bonds. The SMILES string of the molecule is CCNc1cc(N2CCOC(C)(C)C2)nc(C(C)C)n1. The van der Waals surface area contributed by atoms with Crippen LogP contribution in [0.5, 0.6) is 0 Å². The Labute approximate surface area is 121 Å². The number of hydrogen-bond acceptors (Lipinski definition) is 5. The first-order valence-electron chi connectivity index (χ1n) is 7.43. The van der Waals surface area contributed by atoms with Crippen LogP contribution >= 0.6 is 0 Å². The molecular weight excluding hydrogens is 252 g/mol. The van der Waals surface area contributed by atoms with Gasteiger partial charge in [0.05, 0.1) is 12.2 Å². The summed E-state index contributed by atoms with van der Waals surface area (Å²) in [6.07, 6.45) is 0. The first-order chi connectivity index (χ1) is 9.41. The second-order valence-corrected chi connectivity index (χ2v) is 6.18. The molecule has 0 radical (unpaired) electrons. The molecule has 0 unspecified atom stereocenters. The van der Waals surface area contributed by atoms with Crippen LogP contribution in [0.25, 0.3) is 0 Å². The van der Waals surface area contributed by atoms with E-state index in [1.54, 1.807) is 0 Å². The largest absolute Gasteiger partial charge is 0.372 e. The Morgan fingerprint density at radius 1 is 1.40 bits per heavy atom. The molecule has 1 aliphatic rings. The Bertz CT molecular complexity index is 459. The Morgan fingerprint density at radius 3 is 2.75 bits per heavy atom. The highest BCUT2D eigenvalue weighted by atomic mass is 16.5. The number of rotatable bonds is 4. The van der Waals surface area contributed by atoms with Crippen LogP contribution in [-0.2, 0) is 4.74 Å². The maximum Gasteiger partial charge on any atom is 0.135 e. The van der Waals surface area contributed by atoms with E-state index in [9.17, 15) is 0 Å². The number of ether oxygens (including phenoxy) is 1. The molecule has 2 heterocycles. The van der Waals surface area contributed by atoms with Crippen molar-refractivity contribution in [1.29, 1.82) is 0 Å². The number of hydrogen-bond donors (Lipinski definition) is 1. The summed E-state index contributed by atoms with van der Waals surface area (Å²) < 4.78 is 5.77. The molecule has 1 aromatic heterocycles. The van der Waals surface area contributed by atoms with Crippen molar-refractivity contribution in [3.05, 3.63) is 11.9 Å². The van der Waals surface area contributed by atoms with Crippen LogP contribution in [0.1, 0.15) is 46.4 Å². The molecule has 1 saturated heterocycles. The fourth-order valence-electron chi connectivity index (χ4n) is 2.36. The molecule has 1 N–H and O–H groups in total. The van der Waals surface area contributed by atoms with Crippen LogP contribution in [0, 0.1) is 0 Å². The minimum Gasteiger partial charge on any atom is -0.372 e. The van der Waals surface area contributed by atoms with Gasteiger partial charge in [-0.1, -0.05) is 13.8 Å². The van der Waals surface area contributed by atoms with E-state index in [0.29, 0.717) is 5.92 Å². The van der Waals surface area contributed by atoms with E-state index in [1.165, 1.54) is 0 Å². The van der Waals surface area contributed by atoms with E-state index < -0.39 is 0 Å². The molecule has 20 heavy (non-hydrogen) atoms. The zero-order chi connectivity index (χ0) is 14.8. The fourth-order valence-corrected chi connectivity index (χ4v) is 2.36. The van der Waals surface area contributed by atoms with Crippen LogP contribution in [0.4, 0.5) is 11.6 Å². The smallest absolute Gasteiger partial charge is 0.135 e. The van der Waals surface area contributed by atoms with Crippen molar-refractivity contribution in [2.45, 2.75) is 46.1 Å². The Morgan fingerprint density at radius 2 is 2.15 bits per heavy atom. The molecule has 0 saturated carbocycles. The van der Waals surface area contributed by atoms with E-state index in [0.717, 1.165) is 43.7 Å². The number of aromatic nitrogens is 2. The first kappa shape index (κ1) is 15.0. The summed E-state index contributed by atoms with van der Waals surface area (Å²) in [6.45, 7) is 13.9. The van der Waals surface area contributed by atoms with Crippen molar-refractivity contribution in [3.8, 4) is 0 Å². The minimum absolute atomic E-state index is 0.125. The highest BCUT2D eigenvalue weighted by Gasteiger charge is 2.28. The van der Waals surface area contributed by atoms with Gasteiger partial charge in [-0.2, -0.15) is 0 Å². The van der Waals surface area contributed by atoms with Crippen molar-refractivity contribution in [2.75, 3.05) is 36.5 Å². The molecule has 112 valence electrons. The van der Waals surface area contributed by atoms with Crippen LogP contribution in [0.3, 0.4) is 0 Å². The van der Waals surface area contributed by atoms with Gasteiger partial charge in [0.25, 0.3) is 0 Å². The minimum atomic E-state index is -0.125. The topological polar surface area (TPSA) is 50.3 Å². The van der Waals surface area contributed by atoms with Gasteiger partial charge in [0.15, 0.2) is 0 Å². The summed E-state index contributed by atoms with van der Waals surface area (Å²) in [4.78, 5) is 11.6. The predicted octanol–water partition coefficient (Wildman–Crippen LogP) is 2.65. The third-order valence-electron chi connectivity index (χ3n) is 3.35.